The van der Waals surface area contributed by atoms with E-state index in [1.807, 2.05) is 0 Å². The van der Waals surface area contributed by atoms with E-state index in [2.05, 4.69) is 5.32 Å². The van der Waals surface area contributed by atoms with Crippen LogP contribution in [-0.4, -0.2) is 60.3 Å². The number of hydrogen-bond acceptors (Lipinski definition) is 5. The van der Waals surface area contributed by atoms with Crippen LogP contribution < -0.4 is 5.32 Å². The molecule has 106 valence electrons. The van der Waals surface area contributed by atoms with Crippen LogP contribution in [0.2, 0.25) is 0 Å². The Labute approximate surface area is 115 Å². The zero-order chi connectivity index (χ0) is 14.2. The molecule has 0 aromatic heterocycles. The van der Waals surface area contributed by atoms with Crippen molar-refractivity contribution in [1.29, 1.82) is 0 Å². The van der Waals surface area contributed by atoms with E-state index in [-0.39, 0.29) is 28.9 Å². The van der Waals surface area contributed by atoms with Crippen LogP contribution in [0.3, 0.4) is 0 Å². The lowest BCUT2D eigenvalue weighted by Gasteiger charge is -2.12. The number of carbonyl (C=O) groups excluding carboxylic acids is 1. The number of carbonyl (C=O) groups is 2. The Morgan fingerprint density at radius 1 is 1.39 bits per heavy atom. The predicted molar refractivity (Wildman–Crippen MR) is 71.9 cm³/mol. The van der Waals surface area contributed by atoms with Gasteiger partial charge in [0.05, 0.1) is 11.5 Å². The van der Waals surface area contributed by atoms with Gasteiger partial charge in [-0.1, -0.05) is 0 Å². The highest BCUT2D eigenvalue weighted by atomic mass is 35.5. The first-order valence-corrected chi connectivity index (χ1v) is 8.63. The van der Waals surface area contributed by atoms with Crippen LogP contribution in [0.5, 0.6) is 0 Å². The summed E-state index contributed by atoms with van der Waals surface area (Å²) < 4.78 is 22.6. The first-order chi connectivity index (χ1) is 8.28. The second-order valence-electron chi connectivity index (χ2n) is 3.51. The monoisotopic (exact) mass is 317 g/mol. The van der Waals surface area contributed by atoms with Gasteiger partial charge in [-0.05, 0) is 0 Å². The fraction of sp³-hybridized carbons (Fsp3) is 0.778. The summed E-state index contributed by atoms with van der Waals surface area (Å²) in [4.78, 5) is 21.5. The summed E-state index contributed by atoms with van der Waals surface area (Å²) in [5, 5.41) is 11.1. The Hall–Kier alpha value is -0.470. The SMILES string of the molecule is CC(=O)NC(CSCCS(=O)(=O)CCCl)C(=O)O. The van der Waals surface area contributed by atoms with Gasteiger partial charge in [0, 0.05) is 24.3 Å². The zero-order valence-corrected chi connectivity index (χ0v) is 12.3. The number of thioether (sulfide) groups is 1. The molecule has 6 nitrogen and oxygen atoms in total. The summed E-state index contributed by atoms with van der Waals surface area (Å²) in [6.45, 7) is 1.23. The van der Waals surface area contributed by atoms with Gasteiger partial charge in [0.2, 0.25) is 5.91 Å². The molecule has 0 saturated carbocycles. The molecule has 0 rings (SSSR count). The average Bonchev–Trinajstić information content (AvgIpc) is 2.21. The number of nitrogens with one attached hydrogen (secondary N) is 1. The van der Waals surface area contributed by atoms with Crippen molar-refractivity contribution in [2.75, 3.05) is 28.9 Å². The Kier molecular flexibility index (Phi) is 8.38. The number of rotatable bonds is 9. The molecule has 0 radical (unpaired) electrons. The Morgan fingerprint density at radius 3 is 2.44 bits per heavy atom. The topological polar surface area (TPSA) is 101 Å². The van der Waals surface area contributed by atoms with Gasteiger partial charge >= 0.3 is 5.97 Å². The van der Waals surface area contributed by atoms with Gasteiger partial charge < -0.3 is 10.4 Å². The lowest BCUT2D eigenvalue weighted by molar-refractivity contribution is -0.140. The molecule has 0 heterocycles. The maximum atomic E-state index is 11.3. The quantitative estimate of drug-likeness (QED) is 0.457. The normalized spacial score (nSPS) is 13.0. The van der Waals surface area contributed by atoms with Crippen molar-refractivity contribution >= 4 is 45.1 Å². The molecule has 2 N–H and O–H groups in total. The van der Waals surface area contributed by atoms with Crippen molar-refractivity contribution in [3.8, 4) is 0 Å². The molecule has 0 aliphatic rings. The number of alkyl halides is 1. The van der Waals surface area contributed by atoms with E-state index in [4.69, 9.17) is 16.7 Å². The van der Waals surface area contributed by atoms with Crippen molar-refractivity contribution < 1.29 is 23.1 Å². The molecule has 0 fully saturated rings. The first-order valence-electron chi connectivity index (χ1n) is 5.12. The van der Waals surface area contributed by atoms with E-state index in [1.165, 1.54) is 18.7 Å². The molecule has 1 amide bonds. The lowest BCUT2D eigenvalue weighted by atomic mass is 10.3. The summed E-state index contributed by atoms with van der Waals surface area (Å²) in [5.41, 5.74) is 0. The lowest BCUT2D eigenvalue weighted by Crippen LogP contribution is -2.41. The van der Waals surface area contributed by atoms with Crippen LogP contribution in [0.15, 0.2) is 0 Å². The van der Waals surface area contributed by atoms with Gasteiger partial charge in [-0.2, -0.15) is 11.8 Å². The van der Waals surface area contributed by atoms with Crippen molar-refractivity contribution in [2.24, 2.45) is 0 Å². The molecule has 0 saturated heterocycles. The van der Waals surface area contributed by atoms with Crippen LogP contribution in [-0.2, 0) is 19.4 Å². The summed E-state index contributed by atoms with van der Waals surface area (Å²) in [5.74, 6) is -1.23. The molecule has 1 atom stereocenters. The van der Waals surface area contributed by atoms with Gasteiger partial charge in [0.1, 0.15) is 6.04 Å². The van der Waals surface area contributed by atoms with E-state index < -0.39 is 27.8 Å². The number of sulfone groups is 1. The standard InChI is InChI=1S/C9H16ClNO5S2/c1-7(12)11-8(9(13)14)6-17-3-5-18(15,16)4-2-10/h8H,2-6H2,1H3,(H,11,12)(H,13,14). The summed E-state index contributed by atoms with van der Waals surface area (Å²) >= 11 is 6.50. The molecule has 0 aliphatic heterocycles. The van der Waals surface area contributed by atoms with Crippen LogP contribution in [0.25, 0.3) is 0 Å². The number of carboxylic acids is 1. The molecule has 18 heavy (non-hydrogen) atoms. The minimum Gasteiger partial charge on any atom is -0.480 e. The van der Waals surface area contributed by atoms with Crippen molar-refractivity contribution in [1.82, 2.24) is 5.32 Å². The number of aliphatic carboxylic acids is 1. The molecule has 0 aliphatic carbocycles. The largest absolute Gasteiger partial charge is 0.480 e. The maximum absolute atomic E-state index is 11.3. The highest BCUT2D eigenvalue weighted by Gasteiger charge is 2.18. The van der Waals surface area contributed by atoms with Gasteiger partial charge in [-0.3, -0.25) is 4.79 Å². The smallest absolute Gasteiger partial charge is 0.327 e. The van der Waals surface area contributed by atoms with Gasteiger partial charge in [-0.25, -0.2) is 13.2 Å². The maximum Gasteiger partial charge on any atom is 0.327 e. The first kappa shape index (κ1) is 17.5. The predicted octanol–water partition coefficient (Wildman–Crippen LogP) is -0.0375. The number of carboxylic acid groups (broad SMARTS) is 1. The van der Waals surface area contributed by atoms with Crippen LogP contribution >= 0.6 is 23.4 Å². The highest BCUT2D eigenvalue weighted by Crippen LogP contribution is 2.06. The molecule has 0 aromatic rings. The third kappa shape index (κ3) is 8.60. The number of hydrogen-bond donors (Lipinski definition) is 2. The molecule has 0 bridgehead atoms. The third-order valence-corrected chi connectivity index (χ3v) is 5.27. The third-order valence-electron chi connectivity index (χ3n) is 1.89. The molecular formula is C9H16ClNO5S2. The summed E-state index contributed by atoms with van der Waals surface area (Å²) in [6, 6.07) is -0.997. The van der Waals surface area contributed by atoms with E-state index in [0.717, 1.165) is 0 Å². The van der Waals surface area contributed by atoms with E-state index in [9.17, 15) is 18.0 Å². The van der Waals surface area contributed by atoms with Crippen molar-refractivity contribution in [3.63, 3.8) is 0 Å². The van der Waals surface area contributed by atoms with E-state index in [0.29, 0.717) is 0 Å². The van der Waals surface area contributed by atoms with E-state index >= 15 is 0 Å². The summed E-state index contributed by atoms with van der Waals surface area (Å²) in [6.07, 6.45) is 0. The molecule has 9 heteroatoms. The Morgan fingerprint density at radius 2 is 2.00 bits per heavy atom. The van der Waals surface area contributed by atoms with E-state index in [1.54, 1.807) is 0 Å². The Bertz CT molecular complexity index is 384. The number of amides is 1. The molecule has 0 spiro atoms. The van der Waals surface area contributed by atoms with Gasteiger partial charge in [0.15, 0.2) is 9.84 Å². The van der Waals surface area contributed by atoms with Crippen LogP contribution in [0.4, 0.5) is 0 Å². The highest BCUT2D eigenvalue weighted by molar-refractivity contribution is 8.00. The molecule has 1 unspecified atom stereocenters. The second kappa shape index (κ2) is 8.60. The van der Waals surface area contributed by atoms with Crippen molar-refractivity contribution in [3.05, 3.63) is 0 Å². The van der Waals surface area contributed by atoms with Gasteiger partial charge in [0.25, 0.3) is 0 Å². The fourth-order valence-corrected chi connectivity index (χ4v) is 4.29. The Balaban J connectivity index is 4.01. The average molecular weight is 318 g/mol. The minimum absolute atomic E-state index is 0.0448. The zero-order valence-electron chi connectivity index (χ0n) is 9.89. The van der Waals surface area contributed by atoms with Crippen LogP contribution in [0.1, 0.15) is 6.92 Å². The number of halogens is 1. The fourth-order valence-electron chi connectivity index (χ4n) is 1.03. The van der Waals surface area contributed by atoms with Gasteiger partial charge in [-0.15, -0.1) is 11.6 Å². The molecule has 0 aromatic carbocycles. The van der Waals surface area contributed by atoms with Crippen LogP contribution in [0, 0.1) is 0 Å². The summed E-state index contributed by atoms with van der Waals surface area (Å²) in [7, 11) is -3.16. The van der Waals surface area contributed by atoms with Crippen molar-refractivity contribution in [2.45, 2.75) is 13.0 Å². The molecular weight excluding hydrogens is 302 g/mol. The minimum atomic E-state index is -3.16. The second-order valence-corrected chi connectivity index (χ2v) is 7.34.